The topological polar surface area (TPSA) is 54.0 Å². The Balaban J connectivity index is 2.20. The van der Waals surface area contributed by atoms with Crippen molar-refractivity contribution >= 4 is 17.3 Å². The van der Waals surface area contributed by atoms with Crippen LogP contribution in [0, 0.1) is 12.8 Å². The molecule has 2 rings (SSSR count). The van der Waals surface area contributed by atoms with Crippen LogP contribution in [0.5, 0.6) is 0 Å². The van der Waals surface area contributed by atoms with E-state index >= 15 is 0 Å². The minimum Gasteiger partial charge on any atom is -0.385 e. The van der Waals surface area contributed by atoms with Crippen LogP contribution in [-0.4, -0.2) is 17.4 Å². The molecule has 0 aliphatic heterocycles. The van der Waals surface area contributed by atoms with Crippen molar-refractivity contribution in [3.05, 3.63) is 53.3 Å². The van der Waals surface area contributed by atoms with Crippen molar-refractivity contribution in [1.82, 2.24) is 4.98 Å². The molecule has 0 aliphatic rings. The van der Waals surface area contributed by atoms with E-state index in [-0.39, 0.29) is 5.91 Å². The van der Waals surface area contributed by atoms with Gasteiger partial charge < -0.3 is 10.6 Å². The molecular formula is C20H27N3O. The molecule has 0 radical (unpaired) electrons. The Labute approximate surface area is 144 Å². The van der Waals surface area contributed by atoms with Gasteiger partial charge in [0.1, 0.15) is 5.69 Å². The molecule has 0 atom stereocenters. The van der Waals surface area contributed by atoms with Crippen molar-refractivity contribution in [3.8, 4) is 0 Å². The first-order valence-corrected chi connectivity index (χ1v) is 8.49. The number of nitrogens with zero attached hydrogens (tertiary/aromatic N) is 1. The van der Waals surface area contributed by atoms with Crippen molar-refractivity contribution in [1.29, 1.82) is 0 Å². The fraction of sp³-hybridized carbons (Fsp3) is 0.400. The van der Waals surface area contributed by atoms with Gasteiger partial charge in [0.05, 0.1) is 0 Å². The van der Waals surface area contributed by atoms with Crippen LogP contribution in [0.25, 0.3) is 0 Å². The molecule has 0 fully saturated rings. The molecule has 0 unspecified atom stereocenters. The number of aromatic nitrogens is 1. The summed E-state index contributed by atoms with van der Waals surface area (Å²) in [6.45, 7) is 11.4. The van der Waals surface area contributed by atoms with Gasteiger partial charge in [0.2, 0.25) is 0 Å². The predicted molar refractivity (Wildman–Crippen MR) is 101 cm³/mol. The van der Waals surface area contributed by atoms with Gasteiger partial charge in [-0.2, -0.15) is 0 Å². The predicted octanol–water partition coefficient (Wildman–Crippen LogP) is 4.83. The zero-order valence-electron chi connectivity index (χ0n) is 15.2. The third-order valence-corrected chi connectivity index (χ3v) is 3.87. The number of pyridine rings is 1. The Bertz CT molecular complexity index is 708. The van der Waals surface area contributed by atoms with Gasteiger partial charge in [0.15, 0.2) is 0 Å². The van der Waals surface area contributed by atoms with Crippen LogP contribution in [0.2, 0.25) is 0 Å². The maximum Gasteiger partial charge on any atom is 0.274 e. The molecule has 0 spiro atoms. The van der Waals surface area contributed by atoms with Gasteiger partial charge in [-0.05, 0) is 42.0 Å². The van der Waals surface area contributed by atoms with Gasteiger partial charge >= 0.3 is 0 Å². The lowest BCUT2D eigenvalue weighted by atomic mass is 9.98. The highest BCUT2D eigenvalue weighted by molar-refractivity contribution is 6.04. The van der Waals surface area contributed by atoms with E-state index in [1.807, 2.05) is 25.1 Å². The number of benzene rings is 1. The maximum absolute atomic E-state index is 12.6. The summed E-state index contributed by atoms with van der Waals surface area (Å²) in [5.41, 5.74) is 4.42. The van der Waals surface area contributed by atoms with E-state index in [1.54, 1.807) is 12.3 Å². The second-order valence-corrected chi connectivity index (χ2v) is 6.85. The highest BCUT2D eigenvalue weighted by atomic mass is 16.1. The van der Waals surface area contributed by atoms with Gasteiger partial charge in [-0.25, -0.2) is 0 Å². The Kier molecular flexibility index (Phi) is 5.96. The number of carbonyl (C=O) groups excluding carboxylic acids is 1. The smallest absolute Gasteiger partial charge is 0.274 e. The summed E-state index contributed by atoms with van der Waals surface area (Å²) >= 11 is 0. The maximum atomic E-state index is 12.6. The zero-order valence-corrected chi connectivity index (χ0v) is 15.2. The van der Waals surface area contributed by atoms with Crippen LogP contribution in [0.1, 0.15) is 55.2 Å². The van der Waals surface area contributed by atoms with Crippen molar-refractivity contribution in [3.63, 3.8) is 0 Å². The van der Waals surface area contributed by atoms with Crippen molar-refractivity contribution in [2.75, 3.05) is 17.2 Å². The van der Waals surface area contributed by atoms with E-state index in [2.05, 4.69) is 49.4 Å². The highest BCUT2D eigenvalue weighted by Crippen LogP contribution is 2.27. The summed E-state index contributed by atoms with van der Waals surface area (Å²) in [6, 6.07) is 9.77. The lowest BCUT2D eigenvalue weighted by Crippen LogP contribution is -2.17. The molecular weight excluding hydrogens is 298 g/mol. The largest absolute Gasteiger partial charge is 0.385 e. The number of hydrogen-bond acceptors (Lipinski definition) is 3. The van der Waals surface area contributed by atoms with Gasteiger partial charge in [0.25, 0.3) is 5.91 Å². The molecule has 4 heteroatoms. The summed E-state index contributed by atoms with van der Waals surface area (Å²) in [4.78, 5) is 16.8. The van der Waals surface area contributed by atoms with E-state index < -0.39 is 0 Å². The molecule has 0 aliphatic carbocycles. The number of rotatable bonds is 6. The Hall–Kier alpha value is -2.36. The molecule has 2 aromatic rings. The van der Waals surface area contributed by atoms with Gasteiger partial charge in [0, 0.05) is 24.1 Å². The summed E-state index contributed by atoms with van der Waals surface area (Å²) in [5.74, 6) is 0.697. The molecule has 128 valence electrons. The molecule has 0 saturated heterocycles. The first-order chi connectivity index (χ1) is 11.4. The highest BCUT2D eigenvalue weighted by Gasteiger charge is 2.14. The summed E-state index contributed by atoms with van der Waals surface area (Å²) < 4.78 is 0. The van der Waals surface area contributed by atoms with Crippen LogP contribution in [0.15, 0.2) is 36.5 Å². The van der Waals surface area contributed by atoms with Crippen LogP contribution >= 0.6 is 0 Å². The molecule has 0 saturated carbocycles. The second kappa shape index (κ2) is 7.95. The second-order valence-electron chi connectivity index (χ2n) is 6.85. The van der Waals surface area contributed by atoms with Crippen molar-refractivity contribution in [2.24, 2.45) is 5.92 Å². The Morgan fingerprint density at radius 1 is 1.17 bits per heavy atom. The van der Waals surface area contributed by atoms with E-state index in [0.29, 0.717) is 17.5 Å². The Morgan fingerprint density at radius 2 is 1.92 bits per heavy atom. The van der Waals surface area contributed by atoms with E-state index in [0.717, 1.165) is 29.0 Å². The Morgan fingerprint density at radius 3 is 2.58 bits per heavy atom. The summed E-state index contributed by atoms with van der Waals surface area (Å²) in [5, 5.41) is 6.36. The van der Waals surface area contributed by atoms with Gasteiger partial charge in [-0.1, -0.05) is 45.9 Å². The van der Waals surface area contributed by atoms with Crippen LogP contribution in [0.3, 0.4) is 0 Å². The summed E-state index contributed by atoms with van der Waals surface area (Å²) in [7, 11) is 0. The monoisotopic (exact) mass is 325 g/mol. The molecule has 1 heterocycles. The van der Waals surface area contributed by atoms with E-state index in [1.165, 1.54) is 0 Å². The van der Waals surface area contributed by atoms with Gasteiger partial charge in [-0.15, -0.1) is 0 Å². The first kappa shape index (κ1) is 18.0. The van der Waals surface area contributed by atoms with Gasteiger partial charge in [-0.3, -0.25) is 9.78 Å². The number of anilines is 2. The lowest BCUT2D eigenvalue weighted by molar-refractivity contribution is 0.102. The number of para-hydroxylation sites is 1. The standard InChI is InChI=1S/C20H27N3O/c1-13(2)12-22-16-9-10-21-18(11-16)20(24)23-19-15(5)7-6-8-17(19)14(3)4/h6-11,13-14H,12H2,1-5H3,(H,21,22)(H,23,24). The number of hydrogen-bond donors (Lipinski definition) is 2. The van der Waals surface area contributed by atoms with E-state index in [9.17, 15) is 4.79 Å². The molecule has 2 N–H and O–H groups in total. The minimum absolute atomic E-state index is 0.181. The first-order valence-electron chi connectivity index (χ1n) is 8.49. The van der Waals surface area contributed by atoms with Crippen LogP contribution in [-0.2, 0) is 0 Å². The van der Waals surface area contributed by atoms with Crippen LogP contribution < -0.4 is 10.6 Å². The number of carbonyl (C=O) groups is 1. The SMILES string of the molecule is Cc1cccc(C(C)C)c1NC(=O)c1cc(NCC(C)C)ccn1. The minimum atomic E-state index is -0.181. The fourth-order valence-corrected chi connectivity index (χ4v) is 2.51. The third-order valence-electron chi connectivity index (χ3n) is 3.87. The fourth-order valence-electron chi connectivity index (χ4n) is 2.51. The van der Waals surface area contributed by atoms with Crippen molar-refractivity contribution < 1.29 is 4.79 Å². The number of amides is 1. The molecule has 1 aromatic heterocycles. The molecule has 4 nitrogen and oxygen atoms in total. The van der Waals surface area contributed by atoms with Crippen LogP contribution in [0.4, 0.5) is 11.4 Å². The average molecular weight is 325 g/mol. The quantitative estimate of drug-likeness (QED) is 0.799. The molecule has 1 aromatic carbocycles. The number of aryl methyl sites for hydroxylation is 1. The molecule has 24 heavy (non-hydrogen) atoms. The third kappa shape index (κ3) is 4.57. The van der Waals surface area contributed by atoms with Crippen molar-refractivity contribution in [2.45, 2.75) is 40.5 Å². The number of nitrogens with one attached hydrogen (secondary N) is 2. The normalized spacial score (nSPS) is 11.0. The lowest BCUT2D eigenvalue weighted by Gasteiger charge is -2.16. The zero-order chi connectivity index (χ0) is 17.7. The average Bonchev–Trinajstić information content (AvgIpc) is 2.54. The molecule has 0 bridgehead atoms. The van der Waals surface area contributed by atoms with E-state index in [4.69, 9.17) is 0 Å². The summed E-state index contributed by atoms with van der Waals surface area (Å²) in [6.07, 6.45) is 1.67. The molecule has 1 amide bonds.